The summed E-state index contributed by atoms with van der Waals surface area (Å²) in [5, 5.41) is 0. The second-order valence-corrected chi connectivity index (χ2v) is 7.18. The van der Waals surface area contributed by atoms with E-state index < -0.39 is 0 Å². The Hall–Kier alpha value is -1.10. The van der Waals surface area contributed by atoms with E-state index in [1.807, 2.05) is 9.80 Å². The molecule has 0 aromatic carbocycles. The van der Waals surface area contributed by atoms with Gasteiger partial charge in [0.05, 0.1) is 6.10 Å². The van der Waals surface area contributed by atoms with Crippen LogP contribution in [0, 0.1) is 5.41 Å². The number of amides is 2. The zero-order valence-electron chi connectivity index (χ0n) is 13.3. The maximum atomic E-state index is 12.9. The van der Waals surface area contributed by atoms with Crippen molar-refractivity contribution in [2.24, 2.45) is 5.41 Å². The Morgan fingerprint density at radius 2 is 1.90 bits per heavy atom. The van der Waals surface area contributed by atoms with E-state index in [0.29, 0.717) is 13.0 Å². The summed E-state index contributed by atoms with van der Waals surface area (Å²) in [4.78, 5) is 29.0. The average Bonchev–Trinajstić information content (AvgIpc) is 2.59. The fourth-order valence-electron chi connectivity index (χ4n) is 4.25. The number of rotatable bonds is 2. The lowest BCUT2D eigenvalue weighted by molar-refractivity contribution is -0.165. The van der Waals surface area contributed by atoms with Gasteiger partial charge in [-0.3, -0.25) is 9.59 Å². The first kappa shape index (κ1) is 14.8. The van der Waals surface area contributed by atoms with Gasteiger partial charge in [0.15, 0.2) is 0 Å². The third kappa shape index (κ3) is 2.26. The number of fused-ring (bicyclic) bond motifs is 1. The molecule has 3 fully saturated rings. The molecule has 2 heterocycles. The molecule has 3 atom stereocenters. The maximum absolute atomic E-state index is 12.9. The molecule has 118 valence electrons. The third-order valence-corrected chi connectivity index (χ3v) is 5.74. The Bertz CT molecular complexity index is 449. The molecule has 5 nitrogen and oxygen atoms in total. The lowest BCUT2D eigenvalue weighted by Crippen LogP contribution is -2.64. The Labute approximate surface area is 126 Å². The van der Waals surface area contributed by atoms with Gasteiger partial charge in [-0.1, -0.05) is 13.8 Å². The van der Waals surface area contributed by atoms with Crippen molar-refractivity contribution < 1.29 is 14.3 Å². The molecule has 0 radical (unpaired) electrons. The van der Waals surface area contributed by atoms with Crippen molar-refractivity contribution in [1.29, 1.82) is 0 Å². The number of piperidine rings is 1. The summed E-state index contributed by atoms with van der Waals surface area (Å²) in [5.41, 5.74) is -0.0305. The van der Waals surface area contributed by atoms with E-state index in [9.17, 15) is 9.59 Å². The first-order valence-corrected chi connectivity index (χ1v) is 8.09. The highest BCUT2D eigenvalue weighted by Crippen LogP contribution is 2.46. The largest absolute Gasteiger partial charge is 0.381 e. The molecule has 3 aliphatic rings. The highest BCUT2D eigenvalue weighted by molar-refractivity contribution is 5.90. The minimum Gasteiger partial charge on any atom is -0.381 e. The molecule has 2 amide bonds. The molecule has 0 spiro atoms. The van der Waals surface area contributed by atoms with E-state index >= 15 is 0 Å². The molecule has 0 aromatic heterocycles. The fraction of sp³-hybridized carbons (Fsp3) is 0.875. The van der Waals surface area contributed by atoms with E-state index in [-0.39, 0.29) is 35.4 Å². The molecule has 2 aliphatic heterocycles. The average molecular weight is 294 g/mol. The molecular weight excluding hydrogens is 268 g/mol. The number of carbonyl (C=O) groups is 2. The fourth-order valence-corrected chi connectivity index (χ4v) is 4.25. The summed E-state index contributed by atoms with van der Waals surface area (Å²) < 4.78 is 5.50. The molecule has 0 N–H and O–H groups in total. The quantitative estimate of drug-likeness (QED) is 0.774. The van der Waals surface area contributed by atoms with Gasteiger partial charge in [0, 0.05) is 38.1 Å². The number of methoxy groups -OCH3 is 1. The van der Waals surface area contributed by atoms with Crippen molar-refractivity contribution in [1.82, 2.24) is 9.80 Å². The van der Waals surface area contributed by atoms with Crippen molar-refractivity contribution in [2.45, 2.75) is 64.1 Å². The van der Waals surface area contributed by atoms with Crippen LogP contribution in [-0.2, 0) is 14.3 Å². The standard InChI is InChI=1S/C16H26N2O3/c1-16(2)12(10-13(16)21-3)18-9-7-14(19)17-8-5-4-6-11(17)15(18)20/h11-13H,4-10H2,1-3H3. The van der Waals surface area contributed by atoms with Gasteiger partial charge < -0.3 is 14.5 Å². The molecule has 2 saturated heterocycles. The van der Waals surface area contributed by atoms with E-state index in [4.69, 9.17) is 4.74 Å². The Balaban J connectivity index is 1.80. The van der Waals surface area contributed by atoms with Crippen LogP contribution in [0.25, 0.3) is 0 Å². The number of hydrogen-bond acceptors (Lipinski definition) is 3. The smallest absolute Gasteiger partial charge is 0.245 e. The van der Waals surface area contributed by atoms with E-state index in [2.05, 4.69) is 13.8 Å². The predicted molar refractivity (Wildman–Crippen MR) is 78.7 cm³/mol. The van der Waals surface area contributed by atoms with E-state index in [1.54, 1.807) is 7.11 Å². The lowest BCUT2D eigenvalue weighted by Gasteiger charge is -2.55. The summed E-state index contributed by atoms with van der Waals surface area (Å²) >= 11 is 0. The normalized spacial score (nSPS) is 36.0. The van der Waals surface area contributed by atoms with Gasteiger partial charge in [0.1, 0.15) is 6.04 Å². The third-order valence-electron chi connectivity index (χ3n) is 5.74. The second-order valence-electron chi connectivity index (χ2n) is 7.18. The zero-order chi connectivity index (χ0) is 15.2. The molecule has 3 unspecified atom stereocenters. The molecule has 0 aromatic rings. The van der Waals surface area contributed by atoms with Gasteiger partial charge in [-0.2, -0.15) is 0 Å². The van der Waals surface area contributed by atoms with Crippen LogP contribution in [0.4, 0.5) is 0 Å². The number of ether oxygens (including phenoxy) is 1. The highest BCUT2D eigenvalue weighted by Gasteiger charge is 2.54. The maximum Gasteiger partial charge on any atom is 0.245 e. The summed E-state index contributed by atoms with van der Waals surface area (Å²) in [6, 6.07) is -0.0178. The van der Waals surface area contributed by atoms with E-state index in [1.165, 1.54) is 0 Å². The van der Waals surface area contributed by atoms with Gasteiger partial charge in [0.25, 0.3) is 0 Å². The highest BCUT2D eigenvalue weighted by atomic mass is 16.5. The van der Waals surface area contributed by atoms with Crippen LogP contribution in [0.15, 0.2) is 0 Å². The molecule has 0 bridgehead atoms. The van der Waals surface area contributed by atoms with Gasteiger partial charge in [-0.25, -0.2) is 0 Å². The molecule has 3 rings (SSSR count). The first-order chi connectivity index (χ1) is 9.96. The SMILES string of the molecule is COC1CC(N2CCC(=O)N3CCCCC3C2=O)C1(C)C. The second kappa shape index (κ2) is 5.27. The Morgan fingerprint density at radius 1 is 1.14 bits per heavy atom. The number of nitrogens with zero attached hydrogens (tertiary/aromatic N) is 2. The summed E-state index contributed by atoms with van der Waals surface area (Å²) in [6.07, 6.45) is 4.44. The minimum atomic E-state index is -0.217. The summed E-state index contributed by atoms with van der Waals surface area (Å²) in [6.45, 7) is 5.63. The van der Waals surface area contributed by atoms with Crippen molar-refractivity contribution in [3.8, 4) is 0 Å². The van der Waals surface area contributed by atoms with Crippen LogP contribution >= 0.6 is 0 Å². The van der Waals surface area contributed by atoms with Crippen LogP contribution in [0.2, 0.25) is 0 Å². The number of carbonyl (C=O) groups excluding carboxylic acids is 2. The summed E-state index contributed by atoms with van der Waals surface area (Å²) in [5.74, 6) is 0.309. The van der Waals surface area contributed by atoms with Gasteiger partial charge in [0.2, 0.25) is 11.8 Å². The molecule has 5 heteroatoms. The monoisotopic (exact) mass is 294 g/mol. The lowest BCUT2D eigenvalue weighted by atomic mass is 9.63. The Morgan fingerprint density at radius 3 is 2.57 bits per heavy atom. The van der Waals surface area contributed by atoms with E-state index in [0.717, 1.165) is 32.2 Å². The van der Waals surface area contributed by atoms with Crippen LogP contribution in [0.3, 0.4) is 0 Å². The van der Waals surface area contributed by atoms with Gasteiger partial charge in [-0.15, -0.1) is 0 Å². The zero-order valence-corrected chi connectivity index (χ0v) is 13.3. The van der Waals surface area contributed by atoms with Gasteiger partial charge >= 0.3 is 0 Å². The molecule has 1 saturated carbocycles. The van der Waals surface area contributed by atoms with Crippen molar-refractivity contribution in [3.05, 3.63) is 0 Å². The van der Waals surface area contributed by atoms with Crippen LogP contribution in [0.5, 0.6) is 0 Å². The van der Waals surface area contributed by atoms with Gasteiger partial charge in [-0.05, 0) is 25.7 Å². The number of hydrogen-bond donors (Lipinski definition) is 0. The molecule has 21 heavy (non-hydrogen) atoms. The van der Waals surface area contributed by atoms with Crippen molar-refractivity contribution in [2.75, 3.05) is 20.2 Å². The summed E-state index contributed by atoms with van der Waals surface area (Å²) in [7, 11) is 1.74. The van der Waals surface area contributed by atoms with Crippen LogP contribution in [0.1, 0.15) is 46.0 Å². The van der Waals surface area contributed by atoms with Crippen LogP contribution in [-0.4, -0.2) is 60.0 Å². The topological polar surface area (TPSA) is 49.9 Å². The Kier molecular flexibility index (Phi) is 3.72. The predicted octanol–water partition coefficient (Wildman–Crippen LogP) is 1.41. The molecule has 1 aliphatic carbocycles. The minimum absolute atomic E-state index is 0.0305. The first-order valence-electron chi connectivity index (χ1n) is 8.09. The van der Waals surface area contributed by atoms with Crippen LogP contribution < -0.4 is 0 Å². The van der Waals surface area contributed by atoms with Crippen molar-refractivity contribution in [3.63, 3.8) is 0 Å². The molecular formula is C16H26N2O3. The van der Waals surface area contributed by atoms with Crippen molar-refractivity contribution >= 4 is 11.8 Å².